The molecule has 1 aromatic heterocycles. The molecule has 0 aliphatic carbocycles. The standard InChI is InChI=1S/C11H6F3S/c12-11(13,14)10-7-6-9(15-10)8-4-2-1-3-5-8/h2-7H. The molecular weight excluding hydrogens is 221 g/mol. The molecule has 0 saturated heterocycles. The van der Waals surface area contributed by atoms with Crippen LogP contribution in [0, 0.1) is 6.07 Å². The van der Waals surface area contributed by atoms with Gasteiger partial charge in [-0.1, -0.05) is 24.3 Å². The van der Waals surface area contributed by atoms with E-state index in [0.717, 1.165) is 23.0 Å². The van der Waals surface area contributed by atoms with Crippen molar-refractivity contribution in [2.24, 2.45) is 0 Å². The van der Waals surface area contributed by atoms with Gasteiger partial charge < -0.3 is 0 Å². The van der Waals surface area contributed by atoms with Gasteiger partial charge in [-0.05, 0) is 23.8 Å². The first-order valence-corrected chi connectivity index (χ1v) is 5.02. The van der Waals surface area contributed by atoms with E-state index < -0.39 is 11.1 Å². The second-order valence-electron chi connectivity index (χ2n) is 2.95. The quantitative estimate of drug-likeness (QED) is 0.683. The van der Waals surface area contributed by atoms with Crippen LogP contribution in [0.2, 0.25) is 0 Å². The number of benzene rings is 1. The van der Waals surface area contributed by atoms with Crippen molar-refractivity contribution < 1.29 is 13.2 Å². The molecule has 0 spiro atoms. The van der Waals surface area contributed by atoms with Crippen LogP contribution in [0.25, 0.3) is 10.4 Å². The van der Waals surface area contributed by atoms with Gasteiger partial charge in [-0.2, -0.15) is 13.2 Å². The monoisotopic (exact) mass is 227 g/mol. The molecule has 0 nitrogen and oxygen atoms in total. The minimum atomic E-state index is -4.25. The second kappa shape index (κ2) is 3.70. The second-order valence-corrected chi connectivity index (χ2v) is 4.03. The zero-order chi connectivity index (χ0) is 10.9. The van der Waals surface area contributed by atoms with Crippen LogP contribution in [0.5, 0.6) is 0 Å². The van der Waals surface area contributed by atoms with Crippen LogP contribution in [0.3, 0.4) is 0 Å². The maximum Gasteiger partial charge on any atom is 0.425 e. The third-order valence-electron chi connectivity index (χ3n) is 1.89. The van der Waals surface area contributed by atoms with Gasteiger partial charge in [-0.15, -0.1) is 11.3 Å². The van der Waals surface area contributed by atoms with Gasteiger partial charge in [0.1, 0.15) is 4.88 Å². The normalized spacial score (nSPS) is 11.7. The van der Waals surface area contributed by atoms with Crippen molar-refractivity contribution in [2.45, 2.75) is 6.18 Å². The van der Waals surface area contributed by atoms with Gasteiger partial charge in [0.25, 0.3) is 0 Å². The summed E-state index contributed by atoms with van der Waals surface area (Å²) in [4.78, 5) is 0.0571. The number of alkyl halides is 3. The van der Waals surface area contributed by atoms with Gasteiger partial charge in [0.15, 0.2) is 0 Å². The van der Waals surface area contributed by atoms with Gasteiger partial charge >= 0.3 is 6.18 Å². The highest BCUT2D eigenvalue weighted by Crippen LogP contribution is 2.38. The number of halogens is 3. The predicted molar refractivity (Wildman–Crippen MR) is 53.6 cm³/mol. The molecule has 0 atom stereocenters. The van der Waals surface area contributed by atoms with Gasteiger partial charge in [-0.3, -0.25) is 0 Å². The smallest absolute Gasteiger partial charge is 0.165 e. The Morgan fingerprint density at radius 3 is 2.20 bits per heavy atom. The Labute approximate surface area is 89.0 Å². The van der Waals surface area contributed by atoms with Crippen molar-refractivity contribution in [3.05, 3.63) is 47.3 Å². The van der Waals surface area contributed by atoms with E-state index in [2.05, 4.69) is 6.07 Å². The summed E-state index contributed by atoms with van der Waals surface area (Å²) >= 11 is 0.754. The first-order chi connectivity index (χ1) is 7.07. The van der Waals surface area contributed by atoms with E-state index in [1.807, 2.05) is 0 Å². The van der Waals surface area contributed by atoms with Gasteiger partial charge in [0.2, 0.25) is 0 Å². The van der Waals surface area contributed by atoms with E-state index in [1.54, 1.807) is 24.3 Å². The van der Waals surface area contributed by atoms with Crippen molar-refractivity contribution in [1.82, 2.24) is 0 Å². The molecule has 2 aromatic rings. The maximum atomic E-state index is 12.3. The molecule has 77 valence electrons. The molecule has 1 heterocycles. The Kier molecular flexibility index (Phi) is 2.52. The summed E-state index contributed by atoms with van der Waals surface area (Å²) in [6.45, 7) is 0. The Hall–Kier alpha value is -1.29. The highest BCUT2D eigenvalue weighted by atomic mass is 32.1. The summed E-state index contributed by atoms with van der Waals surface area (Å²) in [6.07, 6.45) is -4.25. The molecule has 0 fully saturated rings. The fraction of sp³-hybridized carbons (Fsp3) is 0.0909. The van der Waals surface area contributed by atoms with Crippen LogP contribution in [-0.4, -0.2) is 0 Å². The summed E-state index contributed by atoms with van der Waals surface area (Å²) in [5, 5.41) is 0. The van der Waals surface area contributed by atoms with Crippen molar-refractivity contribution in [3.63, 3.8) is 0 Å². The molecule has 0 saturated carbocycles. The molecule has 0 aliphatic rings. The van der Waals surface area contributed by atoms with Crippen molar-refractivity contribution in [3.8, 4) is 10.4 Å². The lowest BCUT2D eigenvalue weighted by molar-refractivity contribution is -0.134. The lowest BCUT2D eigenvalue weighted by Gasteiger charge is -2.00. The first-order valence-electron chi connectivity index (χ1n) is 4.21. The third kappa shape index (κ3) is 2.21. The molecule has 0 N–H and O–H groups in total. The molecule has 4 heteroatoms. The van der Waals surface area contributed by atoms with E-state index in [9.17, 15) is 13.2 Å². The highest BCUT2D eigenvalue weighted by molar-refractivity contribution is 7.15. The summed E-state index contributed by atoms with van der Waals surface area (Å²) < 4.78 is 37.0. The van der Waals surface area contributed by atoms with Crippen LogP contribution in [-0.2, 0) is 6.18 Å². The SMILES string of the molecule is FC(F)(F)c1ccc(-c2cc[c]cc2)s1. The highest BCUT2D eigenvalue weighted by Gasteiger charge is 2.32. The van der Waals surface area contributed by atoms with E-state index in [0.29, 0.717) is 4.88 Å². The lowest BCUT2D eigenvalue weighted by Crippen LogP contribution is -2.00. The minimum absolute atomic E-state index is 0.565. The average Bonchev–Trinajstić information content (AvgIpc) is 2.67. The summed E-state index contributed by atoms with van der Waals surface area (Å²) in [7, 11) is 0. The molecule has 0 unspecified atom stereocenters. The molecule has 0 aliphatic heterocycles. The van der Waals surface area contributed by atoms with E-state index in [4.69, 9.17) is 0 Å². The fourth-order valence-electron chi connectivity index (χ4n) is 1.20. The number of thiophene rings is 1. The number of hydrogen-bond donors (Lipinski definition) is 0. The molecule has 0 bridgehead atoms. The van der Waals surface area contributed by atoms with Gasteiger partial charge in [0.05, 0.1) is 0 Å². The third-order valence-corrected chi connectivity index (χ3v) is 3.07. The molecular formula is C11H6F3S. The summed E-state index contributed by atoms with van der Waals surface area (Å²) in [5.41, 5.74) is 0.786. The van der Waals surface area contributed by atoms with Crippen LogP contribution >= 0.6 is 11.3 Å². The average molecular weight is 227 g/mol. The van der Waals surface area contributed by atoms with Crippen LogP contribution < -0.4 is 0 Å². The van der Waals surface area contributed by atoms with Gasteiger partial charge in [-0.25, -0.2) is 0 Å². The largest absolute Gasteiger partial charge is 0.425 e. The molecule has 1 radical (unpaired) electrons. The number of rotatable bonds is 1. The van der Waals surface area contributed by atoms with Crippen LogP contribution in [0.1, 0.15) is 4.88 Å². The number of hydrogen-bond acceptors (Lipinski definition) is 1. The first kappa shape index (κ1) is 10.2. The van der Waals surface area contributed by atoms with Gasteiger partial charge in [0, 0.05) is 4.88 Å². The Morgan fingerprint density at radius 1 is 1.00 bits per heavy atom. The molecule has 1 aromatic carbocycles. The molecule has 2 rings (SSSR count). The predicted octanol–water partition coefficient (Wildman–Crippen LogP) is 4.23. The van der Waals surface area contributed by atoms with E-state index >= 15 is 0 Å². The molecule has 0 amide bonds. The lowest BCUT2D eigenvalue weighted by atomic mass is 10.2. The van der Waals surface area contributed by atoms with Crippen molar-refractivity contribution >= 4 is 11.3 Å². The summed E-state index contributed by atoms with van der Waals surface area (Å²) in [5.74, 6) is 0. The Morgan fingerprint density at radius 2 is 1.67 bits per heavy atom. The zero-order valence-electron chi connectivity index (χ0n) is 7.51. The minimum Gasteiger partial charge on any atom is -0.165 e. The van der Waals surface area contributed by atoms with Crippen LogP contribution in [0.4, 0.5) is 13.2 Å². The van der Waals surface area contributed by atoms with Crippen LogP contribution in [0.15, 0.2) is 36.4 Å². The topological polar surface area (TPSA) is 0 Å². The van der Waals surface area contributed by atoms with E-state index in [1.165, 1.54) is 6.07 Å². The zero-order valence-corrected chi connectivity index (χ0v) is 8.32. The summed E-state index contributed by atoms with van der Waals surface area (Å²) in [6, 6.07) is 12.3. The van der Waals surface area contributed by atoms with E-state index in [-0.39, 0.29) is 0 Å². The molecule has 15 heavy (non-hydrogen) atoms. The Bertz CT molecular complexity index is 442. The van der Waals surface area contributed by atoms with Crippen molar-refractivity contribution in [1.29, 1.82) is 0 Å². The fourth-order valence-corrected chi connectivity index (χ4v) is 2.08. The van der Waals surface area contributed by atoms with Crippen molar-refractivity contribution in [2.75, 3.05) is 0 Å². The maximum absolute atomic E-state index is 12.3. The Balaban J connectivity index is 2.37.